The van der Waals surface area contributed by atoms with Crippen LogP contribution in [0.4, 0.5) is 11.6 Å². The van der Waals surface area contributed by atoms with Gasteiger partial charge in [0.2, 0.25) is 5.95 Å². The van der Waals surface area contributed by atoms with E-state index in [1.807, 2.05) is 79.8 Å². The third-order valence-electron chi connectivity index (χ3n) is 5.11. The summed E-state index contributed by atoms with van der Waals surface area (Å²) in [6, 6.07) is 26.9. The lowest BCUT2D eigenvalue weighted by Gasteiger charge is -2.17. The predicted octanol–water partition coefficient (Wildman–Crippen LogP) is 5.86. The first kappa shape index (κ1) is 21.5. The van der Waals surface area contributed by atoms with Gasteiger partial charge >= 0.3 is 0 Å². The monoisotopic (exact) mass is 442 g/mol. The van der Waals surface area contributed by atoms with E-state index in [9.17, 15) is 4.79 Å². The number of amides is 1. The quantitative estimate of drug-likeness (QED) is 0.389. The average Bonchev–Trinajstić information content (AvgIpc) is 2.84. The fraction of sp³-hybridized carbons (Fsp3) is 0.115. The molecule has 1 amide bonds. The molecule has 5 nitrogen and oxygen atoms in total. The molecule has 0 radical (unpaired) electrons. The van der Waals surface area contributed by atoms with E-state index in [1.54, 1.807) is 11.1 Å². The minimum absolute atomic E-state index is 0.00605. The molecule has 0 spiro atoms. The van der Waals surface area contributed by atoms with Gasteiger partial charge < -0.3 is 10.2 Å². The Kier molecular flexibility index (Phi) is 6.78. The molecule has 0 aliphatic carbocycles. The number of hydrogen-bond donors (Lipinski definition) is 1. The molecule has 0 fully saturated rings. The van der Waals surface area contributed by atoms with Gasteiger partial charge in [-0.05, 0) is 54.4 Å². The number of aromatic nitrogens is 2. The number of carbonyl (C=O) groups is 1. The normalized spacial score (nSPS) is 10.6. The zero-order chi connectivity index (χ0) is 22.3. The van der Waals surface area contributed by atoms with Gasteiger partial charge in [0.05, 0.1) is 5.69 Å². The number of nitrogens with zero attached hydrogens (tertiary/aromatic N) is 3. The van der Waals surface area contributed by atoms with Crippen LogP contribution in [0.2, 0.25) is 5.02 Å². The van der Waals surface area contributed by atoms with Gasteiger partial charge in [-0.15, -0.1) is 0 Å². The Balaban J connectivity index is 1.39. The standard InChI is InChI=1S/C26H23ClN4O/c1-31(18-16-19-5-3-2-4-6-19)25(32)21-9-13-23(14-10-21)29-26-28-17-15-24(30-26)20-7-11-22(27)12-8-20/h2-15,17H,16,18H2,1H3,(H,28,29,30). The van der Waals surface area contributed by atoms with Crippen molar-refractivity contribution in [2.45, 2.75) is 6.42 Å². The van der Waals surface area contributed by atoms with Crippen molar-refractivity contribution >= 4 is 29.1 Å². The third kappa shape index (κ3) is 5.50. The van der Waals surface area contributed by atoms with E-state index < -0.39 is 0 Å². The van der Waals surface area contributed by atoms with E-state index in [-0.39, 0.29) is 5.91 Å². The van der Waals surface area contributed by atoms with Gasteiger partial charge in [0.25, 0.3) is 5.91 Å². The van der Waals surface area contributed by atoms with E-state index in [4.69, 9.17) is 11.6 Å². The van der Waals surface area contributed by atoms with Crippen molar-refractivity contribution in [3.8, 4) is 11.3 Å². The molecule has 1 aromatic heterocycles. The van der Waals surface area contributed by atoms with Gasteiger partial charge in [0.1, 0.15) is 0 Å². The third-order valence-corrected chi connectivity index (χ3v) is 5.36. The van der Waals surface area contributed by atoms with Crippen LogP contribution in [-0.2, 0) is 6.42 Å². The Bertz CT molecular complexity index is 1180. The Morgan fingerprint density at radius 2 is 1.66 bits per heavy atom. The second-order valence-electron chi connectivity index (χ2n) is 7.44. The van der Waals surface area contributed by atoms with Gasteiger partial charge in [-0.2, -0.15) is 0 Å². The molecule has 3 aromatic carbocycles. The lowest BCUT2D eigenvalue weighted by atomic mass is 10.1. The molecule has 32 heavy (non-hydrogen) atoms. The smallest absolute Gasteiger partial charge is 0.253 e. The fourth-order valence-corrected chi connectivity index (χ4v) is 3.41. The van der Waals surface area contributed by atoms with E-state index in [1.165, 1.54) is 5.56 Å². The van der Waals surface area contributed by atoms with Crippen molar-refractivity contribution in [2.24, 2.45) is 0 Å². The van der Waals surface area contributed by atoms with Gasteiger partial charge in [-0.25, -0.2) is 9.97 Å². The highest BCUT2D eigenvalue weighted by Gasteiger charge is 2.12. The summed E-state index contributed by atoms with van der Waals surface area (Å²) in [5.74, 6) is 0.477. The highest BCUT2D eigenvalue weighted by Crippen LogP contribution is 2.21. The molecule has 6 heteroatoms. The zero-order valence-corrected chi connectivity index (χ0v) is 18.5. The van der Waals surface area contributed by atoms with Crippen molar-refractivity contribution in [1.82, 2.24) is 14.9 Å². The van der Waals surface area contributed by atoms with Gasteiger partial charge in [0.15, 0.2) is 0 Å². The molecular formula is C26H23ClN4O. The van der Waals surface area contributed by atoms with Crippen LogP contribution in [0.5, 0.6) is 0 Å². The van der Waals surface area contributed by atoms with Crippen molar-refractivity contribution in [1.29, 1.82) is 0 Å². The molecule has 0 aliphatic rings. The van der Waals surface area contributed by atoms with Gasteiger partial charge in [-0.3, -0.25) is 4.79 Å². The molecule has 0 saturated carbocycles. The molecule has 1 heterocycles. The van der Waals surface area contributed by atoms with Crippen LogP contribution in [-0.4, -0.2) is 34.4 Å². The molecular weight excluding hydrogens is 420 g/mol. The molecule has 0 saturated heterocycles. The Hall–Kier alpha value is -3.70. The maximum atomic E-state index is 12.7. The second-order valence-corrected chi connectivity index (χ2v) is 7.87. The van der Waals surface area contributed by atoms with Crippen LogP contribution in [0, 0.1) is 0 Å². The Labute approximate surface area is 192 Å². The molecule has 0 atom stereocenters. The highest BCUT2D eigenvalue weighted by atomic mass is 35.5. The van der Waals surface area contributed by atoms with Gasteiger partial charge in [0, 0.05) is 41.6 Å². The minimum Gasteiger partial charge on any atom is -0.341 e. The largest absolute Gasteiger partial charge is 0.341 e. The van der Waals surface area contributed by atoms with Crippen molar-refractivity contribution in [2.75, 3.05) is 18.9 Å². The van der Waals surface area contributed by atoms with Crippen molar-refractivity contribution in [3.63, 3.8) is 0 Å². The summed E-state index contributed by atoms with van der Waals surface area (Å²) in [6.07, 6.45) is 2.53. The number of rotatable bonds is 7. The fourth-order valence-electron chi connectivity index (χ4n) is 3.29. The maximum Gasteiger partial charge on any atom is 0.253 e. The summed E-state index contributed by atoms with van der Waals surface area (Å²) in [6.45, 7) is 0.661. The van der Waals surface area contributed by atoms with Crippen LogP contribution in [0.3, 0.4) is 0 Å². The summed E-state index contributed by atoms with van der Waals surface area (Å²) in [5.41, 5.74) is 4.42. The van der Waals surface area contributed by atoms with Crippen LogP contribution in [0.15, 0.2) is 91.1 Å². The molecule has 1 N–H and O–H groups in total. The molecule has 0 aliphatic heterocycles. The lowest BCUT2D eigenvalue weighted by Crippen LogP contribution is -2.28. The van der Waals surface area contributed by atoms with Crippen LogP contribution in [0.25, 0.3) is 11.3 Å². The molecule has 160 valence electrons. The summed E-state index contributed by atoms with van der Waals surface area (Å²) < 4.78 is 0. The molecule has 4 rings (SSSR count). The van der Waals surface area contributed by atoms with E-state index in [0.717, 1.165) is 23.4 Å². The highest BCUT2D eigenvalue weighted by molar-refractivity contribution is 6.30. The second kappa shape index (κ2) is 10.1. The van der Waals surface area contributed by atoms with Crippen molar-refractivity contribution in [3.05, 3.63) is 107 Å². The number of nitrogens with one attached hydrogen (secondary N) is 1. The first-order valence-corrected chi connectivity index (χ1v) is 10.7. The molecule has 4 aromatic rings. The molecule has 0 unspecified atom stereocenters. The zero-order valence-electron chi connectivity index (χ0n) is 17.7. The topological polar surface area (TPSA) is 58.1 Å². The first-order valence-electron chi connectivity index (χ1n) is 10.3. The van der Waals surface area contributed by atoms with E-state index >= 15 is 0 Å². The van der Waals surface area contributed by atoms with E-state index in [0.29, 0.717) is 23.1 Å². The van der Waals surface area contributed by atoms with Crippen molar-refractivity contribution < 1.29 is 4.79 Å². The number of benzene rings is 3. The van der Waals surface area contributed by atoms with E-state index in [2.05, 4.69) is 27.4 Å². The summed E-state index contributed by atoms with van der Waals surface area (Å²) >= 11 is 5.97. The SMILES string of the molecule is CN(CCc1ccccc1)C(=O)c1ccc(Nc2nccc(-c3ccc(Cl)cc3)n2)cc1. The number of likely N-dealkylation sites (N-methyl/N-ethyl adjacent to an activating group) is 1. The number of halogens is 1. The summed E-state index contributed by atoms with van der Waals surface area (Å²) in [7, 11) is 1.83. The summed E-state index contributed by atoms with van der Waals surface area (Å²) in [5, 5.41) is 3.88. The van der Waals surface area contributed by atoms with Crippen LogP contribution in [0.1, 0.15) is 15.9 Å². The number of hydrogen-bond acceptors (Lipinski definition) is 4. The minimum atomic E-state index is -0.00605. The van der Waals surface area contributed by atoms with Gasteiger partial charge in [-0.1, -0.05) is 54.1 Å². The Morgan fingerprint density at radius 1 is 0.938 bits per heavy atom. The summed E-state index contributed by atoms with van der Waals surface area (Å²) in [4.78, 5) is 23.3. The van der Waals surface area contributed by atoms with Crippen LogP contribution < -0.4 is 5.32 Å². The maximum absolute atomic E-state index is 12.7. The predicted molar refractivity (Wildman–Crippen MR) is 129 cm³/mol. The first-order chi connectivity index (χ1) is 15.6. The lowest BCUT2D eigenvalue weighted by molar-refractivity contribution is 0.0796. The van der Waals surface area contributed by atoms with Crippen LogP contribution >= 0.6 is 11.6 Å². The molecule has 0 bridgehead atoms. The average molecular weight is 443 g/mol. The number of carbonyl (C=O) groups excluding carboxylic acids is 1. The number of anilines is 2. The Morgan fingerprint density at radius 3 is 2.38 bits per heavy atom.